The van der Waals surface area contributed by atoms with Gasteiger partial charge in [0.2, 0.25) is 0 Å². The molecule has 190 valence electrons. The van der Waals surface area contributed by atoms with Crippen molar-refractivity contribution in [1.82, 2.24) is 5.32 Å². The highest BCUT2D eigenvalue weighted by Crippen LogP contribution is 2.36. The van der Waals surface area contributed by atoms with Crippen LogP contribution in [0.25, 0.3) is 5.57 Å². The predicted molar refractivity (Wildman–Crippen MR) is 142 cm³/mol. The first-order valence-corrected chi connectivity index (χ1v) is 12.8. The van der Waals surface area contributed by atoms with Gasteiger partial charge in [0.15, 0.2) is 11.5 Å². The quantitative estimate of drug-likeness (QED) is 0.297. The zero-order valence-electron chi connectivity index (χ0n) is 19.8. The zero-order valence-corrected chi connectivity index (χ0v) is 21.4. The van der Waals surface area contributed by atoms with Crippen molar-refractivity contribution >= 4 is 46.0 Å². The molecule has 2 aromatic rings. The summed E-state index contributed by atoms with van der Waals surface area (Å²) < 4.78 is 31.3. The topological polar surface area (TPSA) is 90.9 Å². The average molecular weight is 540 g/mol. The van der Waals surface area contributed by atoms with Crippen molar-refractivity contribution in [3.05, 3.63) is 99.3 Å². The molecule has 0 spiro atoms. The monoisotopic (exact) mass is 539 g/mol. The Morgan fingerprint density at radius 2 is 1.89 bits per heavy atom. The molecule has 0 atom stereocenters. The summed E-state index contributed by atoms with van der Waals surface area (Å²) in [5.74, 6) is 0.0694. The Morgan fingerprint density at radius 1 is 1.16 bits per heavy atom. The number of ketones is 1. The van der Waals surface area contributed by atoms with Crippen molar-refractivity contribution < 1.29 is 33.0 Å². The van der Waals surface area contributed by atoms with Gasteiger partial charge in [-0.1, -0.05) is 37.1 Å². The van der Waals surface area contributed by atoms with Gasteiger partial charge in [-0.25, -0.2) is 4.39 Å². The lowest BCUT2D eigenvalue weighted by atomic mass is 10.1. The number of hydrogen-bond donors (Lipinski definition) is 1. The van der Waals surface area contributed by atoms with E-state index >= 15 is 0 Å². The van der Waals surface area contributed by atoms with Crippen LogP contribution >= 0.6 is 23.5 Å². The largest absolute Gasteiger partial charge is 0.490 e. The minimum Gasteiger partial charge on any atom is -0.490 e. The lowest BCUT2D eigenvalue weighted by molar-refractivity contribution is -0.115. The molecule has 1 fully saturated rings. The summed E-state index contributed by atoms with van der Waals surface area (Å²) in [4.78, 5) is 36.9. The van der Waals surface area contributed by atoms with Gasteiger partial charge in [0.25, 0.3) is 11.1 Å². The van der Waals surface area contributed by atoms with Crippen LogP contribution in [0.3, 0.4) is 0 Å². The number of imide groups is 1. The minimum atomic E-state index is -0.537. The van der Waals surface area contributed by atoms with Gasteiger partial charge in [0.05, 0.1) is 21.8 Å². The highest BCUT2D eigenvalue weighted by molar-refractivity contribution is 8.18. The van der Waals surface area contributed by atoms with E-state index in [4.69, 9.17) is 14.2 Å². The van der Waals surface area contributed by atoms with Crippen molar-refractivity contribution in [3.8, 4) is 11.5 Å². The predicted octanol–water partition coefficient (Wildman–Crippen LogP) is 6.20. The molecule has 10 heteroatoms. The van der Waals surface area contributed by atoms with Crippen molar-refractivity contribution in [1.29, 1.82) is 0 Å². The lowest BCUT2D eigenvalue weighted by Gasteiger charge is -2.15. The van der Waals surface area contributed by atoms with E-state index in [-0.39, 0.29) is 53.5 Å². The molecule has 2 aliphatic heterocycles. The fourth-order valence-electron chi connectivity index (χ4n) is 3.60. The molecule has 1 saturated heterocycles. The van der Waals surface area contributed by atoms with Crippen LogP contribution in [-0.2, 0) is 9.53 Å². The maximum atomic E-state index is 13.7. The number of hydrogen-bond acceptors (Lipinski definition) is 8. The molecule has 2 aromatic carbocycles. The molecule has 0 bridgehead atoms. The summed E-state index contributed by atoms with van der Waals surface area (Å²) in [6.07, 6.45) is -0.126. The zero-order chi connectivity index (χ0) is 26.5. The Balaban J connectivity index is 1.41. The normalized spacial score (nSPS) is 16.4. The van der Waals surface area contributed by atoms with Gasteiger partial charge in [-0.2, -0.15) is 0 Å². The van der Waals surface area contributed by atoms with E-state index in [1.807, 2.05) is 0 Å². The number of benzene rings is 2. The first-order chi connectivity index (χ1) is 17.8. The Bertz CT molecular complexity index is 1360. The van der Waals surface area contributed by atoms with E-state index in [2.05, 4.69) is 18.5 Å². The summed E-state index contributed by atoms with van der Waals surface area (Å²) >= 11 is 2.10. The molecule has 4 rings (SSSR count). The molecule has 2 heterocycles. The van der Waals surface area contributed by atoms with E-state index in [9.17, 15) is 18.8 Å². The van der Waals surface area contributed by atoms with E-state index in [1.165, 1.54) is 23.9 Å². The standard InChI is InChI=1S/C27H22FNO6S2/c1-4-36-16(3)24-23(14-21(30)20-13-18(28)7-10-22(20)35-24)34-12-11-33-19-8-5-17(6-9-19)15(2)25-26(31)29-27(32)37-25/h4-10,13H,1,3,11-12,14H2,2H3,(H,29,31,32)/b25-15-. The summed E-state index contributed by atoms with van der Waals surface area (Å²) in [5.41, 5.74) is 1.61. The second kappa shape index (κ2) is 11.5. The molecule has 37 heavy (non-hydrogen) atoms. The molecule has 0 radical (unpaired) electrons. The van der Waals surface area contributed by atoms with Crippen LogP contribution in [0.1, 0.15) is 29.3 Å². The van der Waals surface area contributed by atoms with Crippen molar-refractivity contribution in [2.24, 2.45) is 0 Å². The summed E-state index contributed by atoms with van der Waals surface area (Å²) in [6.45, 7) is 9.70. The van der Waals surface area contributed by atoms with Crippen LogP contribution in [0.5, 0.6) is 11.5 Å². The van der Waals surface area contributed by atoms with E-state index in [0.717, 1.165) is 23.4 Å². The van der Waals surface area contributed by atoms with Crippen molar-refractivity contribution in [2.45, 2.75) is 13.3 Å². The summed E-state index contributed by atoms with van der Waals surface area (Å²) in [7, 11) is 0. The van der Waals surface area contributed by atoms with Gasteiger partial charge in [-0.15, -0.1) is 0 Å². The van der Waals surface area contributed by atoms with Gasteiger partial charge < -0.3 is 14.2 Å². The Kier molecular flexibility index (Phi) is 8.20. The van der Waals surface area contributed by atoms with Crippen LogP contribution in [-0.4, -0.2) is 30.1 Å². The van der Waals surface area contributed by atoms with Crippen LogP contribution in [0.2, 0.25) is 0 Å². The number of nitrogens with one attached hydrogen (secondary N) is 1. The molecule has 0 aromatic heterocycles. The fourth-order valence-corrected chi connectivity index (χ4v) is 4.81. The molecule has 0 saturated carbocycles. The summed E-state index contributed by atoms with van der Waals surface area (Å²) in [5, 5.41) is 3.44. The number of halogens is 1. The molecule has 1 N–H and O–H groups in total. The van der Waals surface area contributed by atoms with Crippen molar-refractivity contribution in [3.63, 3.8) is 0 Å². The number of Topliss-reactive ketones (excluding diaryl/α,β-unsaturated/α-hetero) is 1. The molecule has 0 unspecified atom stereocenters. The third kappa shape index (κ3) is 6.15. The molecule has 7 nitrogen and oxygen atoms in total. The third-order valence-corrected chi connectivity index (χ3v) is 7.00. The molecule has 2 aliphatic rings. The van der Waals surface area contributed by atoms with Crippen LogP contribution in [0.15, 0.2) is 82.4 Å². The van der Waals surface area contributed by atoms with Crippen LogP contribution in [0, 0.1) is 5.82 Å². The second-order valence-corrected chi connectivity index (χ2v) is 9.87. The molecule has 2 amide bonds. The number of carbonyl (C=O) groups excluding carboxylic acids is 3. The van der Waals surface area contributed by atoms with E-state index in [1.54, 1.807) is 36.6 Å². The highest BCUT2D eigenvalue weighted by atomic mass is 32.2. The number of ether oxygens (including phenoxy) is 3. The fraction of sp³-hybridized carbons (Fsp3) is 0.148. The van der Waals surface area contributed by atoms with E-state index in [0.29, 0.717) is 21.1 Å². The van der Waals surface area contributed by atoms with Crippen LogP contribution < -0.4 is 14.8 Å². The first-order valence-electron chi connectivity index (χ1n) is 11.1. The lowest BCUT2D eigenvalue weighted by Crippen LogP contribution is -2.18. The van der Waals surface area contributed by atoms with Gasteiger partial charge in [-0.05, 0) is 65.6 Å². The number of amides is 2. The Labute approximate surface area is 221 Å². The van der Waals surface area contributed by atoms with Crippen molar-refractivity contribution in [2.75, 3.05) is 13.2 Å². The SMILES string of the molecule is C=CSC(=C)C1=C(OCCOc2ccc(/C(C)=C3\SC(=O)NC3=O)cc2)CC(=O)c2cc(F)ccc2O1. The Morgan fingerprint density at radius 3 is 2.57 bits per heavy atom. The van der Waals surface area contributed by atoms with Gasteiger partial charge in [-0.3, -0.25) is 19.7 Å². The number of rotatable bonds is 9. The smallest absolute Gasteiger partial charge is 0.290 e. The second-order valence-electron chi connectivity index (χ2n) is 7.82. The average Bonchev–Trinajstić information content (AvgIpc) is 3.15. The number of thioether (sulfide) groups is 2. The highest BCUT2D eigenvalue weighted by Gasteiger charge is 2.28. The number of fused-ring (bicyclic) bond motifs is 1. The van der Waals surface area contributed by atoms with Gasteiger partial charge in [0, 0.05) is 0 Å². The van der Waals surface area contributed by atoms with E-state index < -0.39 is 11.7 Å². The molecule has 0 aliphatic carbocycles. The van der Waals surface area contributed by atoms with Gasteiger partial charge in [0.1, 0.15) is 36.3 Å². The maximum absolute atomic E-state index is 13.7. The number of carbonyl (C=O) groups is 3. The van der Waals surface area contributed by atoms with Crippen LogP contribution in [0.4, 0.5) is 9.18 Å². The number of allylic oxidation sites excluding steroid dienone is 2. The maximum Gasteiger partial charge on any atom is 0.290 e. The summed E-state index contributed by atoms with van der Waals surface area (Å²) in [6, 6.07) is 10.8. The first kappa shape index (κ1) is 26.3. The Hall–Kier alpha value is -3.76. The van der Waals surface area contributed by atoms with Gasteiger partial charge >= 0.3 is 0 Å². The molecular weight excluding hydrogens is 517 g/mol. The minimum absolute atomic E-state index is 0.107. The molecular formula is C27H22FNO6S2. The third-order valence-electron chi connectivity index (χ3n) is 5.38.